The molecule has 1 aliphatic heterocycles. The van der Waals surface area contributed by atoms with Gasteiger partial charge in [0.05, 0.1) is 11.8 Å². The van der Waals surface area contributed by atoms with E-state index in [1.165, 1.54) is 23.8 Å². The number of carbonyl (C=O) groups excluding carboxylic acids is 1. The van der Waals surface area contributed by atoms with Crippen LogP contribution in [0.25, 0.3) is 0 Å². The lowest BCUT2D eigenvalue weighted by Gasteiger charge is -2.19. The van der Waals surface area contributed by atoms with Gasteiger partial charge in [-0.25, -0.2) is 4.98 Å². The third-order valence-electron chi connectivity index (χ3n) is 3.60. The SMILES string of the molecule is CC(=O)Nc1nc(CN[C@@H]2CCO[C@H]2c2ccccc2)cs1. The molecule has 2 heterocycles. The first-order valence-corrected chi connectivity index (χ1v) is 8.22. The van der Waals surface area contributed by atoms with E-state index < -0.39 is 0 Å². The standard InChI is InChI=1S/C16H19N3O2S/c1-11(20)18-16-19-13(10-22-16)9-17-14-7-8-21-15(14)12-5-3-2-4-6-12/h2-6,10,14-15,17H,7-9H2,1H3,(H,18,19,20)/t14-,15+/m1/s1. The Morgan fingerprint density at radius 1 is 1.41 bits per heavy atom. The van der Waals surface area contributed by atoms with Crippen molar-refractivity contribution in [2.75, 3.05) is 11.9 Å². The Morgan fingerprint density at radius 2 is 2.23 bits per heavy atom. The summed E-state index contributed by atoms with van der Waals surface area (Å²) in [6.07, 6.45) is 1.08. The number of amides is 1. The van der Waals surface area contributed by atoms with Crippen LogP contribution in [0.15, 0.2) is 35.7 Å². The fourth-order valence-electron chi connectivity index (χ4n) is 2.60. The van der Waals surface area contributed by atoms with E-state index in [9.17, 15) is 4.79 Å². The zero-order valence-electron chi connectivity index (χ0n) is 12.4. The van der Waals surface area contributed by atoms with Crippen molar-refractivity contribution in [1.29, 1.82) is 0 Å². The number of nitrogens with one attached hydrogen (secondary N) is 2. The third-order valence-corrected chi connectivity index (χ3v) is 4.41. The Kier molecular flexibility index (Phi) is 4.82. The van der Waals surface area contributed by atoms with E-state index in [0.717, 1.165) is 18.7 Å². The highest BCUT2D eigenvalue weighted by Crippen LogP contribution is 2.29. The summed E-state index contributed by atoms with van der Waals surface area (Å²) in [6, 6.07) is 10.6. The molecule has 0 unspecified atom stereocenters. The first kappa shape index (κ1) is 15.1. The lowest BCUT2D eigenvalue weighted by Crippen LogP contribution is -2.31. The van der Waals surface area contributed by atoms with E-state index in [1.54, 1.807) is 0 Å². The summed E-state index contributed by atoms with van der Waals surface area (Å²) in [4.78, 5) is 15.4. The van der Waals surface area contributed by atoms with Crippen LogP contribution in [0.1, 0.15) is 30.7 Å². The molecule has 22 heavy (non-hydrogen) atoms. The van der Waals surface area contributed by atoms with Crippen molar-refractivity contribution in [3.05, 3.63) is 47.0 Å². The van der Waals surface area contributed by atoms with Crippen LogP contribution in [0.2, 0.25) is 0 Å². The number of benzene rings is 1. The zero-order chi connectivity index (χ0) is 15.4. The van der Waals surface area contributed by atoms with Crippen LogP contribution < -0.4 is 10.6 Å². The van der Waals surface area contributed by atoms with Gasteiger partial charge < -0.3 is 15.4 Å². The van der Waals surface area contributed by atoms with Crippen molar-refractivity contribution >= 4 is 22.4 Å². The zero-order valence-corrected chi connectivity index (χ0v) is 13.2. The van der Waals surface area contributed by atoms with E-state index in [2.05, 4.69) is 27.8 Å². The molecule has 2 aromatic rings. The topological polar surface area (TPSA) is 63.2 Å². The monoisotopic (exact) mass is 317 g/mol. The molecule has 1 aromatic carbocycles. The van der Waals surface area contributed by atoms with E-state index in [-0.39, 0.29) is 18.1 Å². The molecule has 0 saturated carbocycles. The summed E-state index contributed by atoms with van der Waals surface area (Å²) in [5.74, 6) is -0.0952. The van der Waals surface area contributed by atoms with Gasteiger partial charge in [0, 0.05) is 31.5 Å². The number of ether oxygens (including phenoxy) is 1. The van der Waals surface area contributed by atoms with Crippen LogP contribution in [0.4, 0.5) is 5.13 Å². The number of anilines is 1. The molecule has 1 aromatic heterocycles. The van der Waals surface area contributed by atoms with Crippen molar-refractivity contribution in [1.82, 2.24) is 10.3 Å². The van der Waals surface area contributed by atoms with Crippen molar-refractivity contribution < 1.29 is 9.53 Å². The van der Waals surface area contributed by atoms with Gasteiger partial charge >= 0.3 is 0 Å². The van der Waals surface area contributed by atoms with Gasteiger partial charge in [-0.05, 0) is 12.0 Å². The van der Waals surface area contributed by atoms with Gasteiger partial charge in [0.2, 0.25) is 5.91 Å². The minimum Gasteiger partial charge on any atom is -0.372 e. The van der Waals surface area contributed by atoms with Crippen LogP contribution in [0.3, 0.4) is 0 Å². The number of aromatic nitrogens is 1. The van der Waals surface area contributed by atoms with Gasteiger partial charge in [0.15, 0.2) is 5.13 Å². The maximum Gasteiger partial charge on any atom is 0.223 e. The van der Waals surface area contributed by atoms with Crippen LogP contribution in [0.5, 0.6) is 0 Å². The van der Waals surface area contributed by atoms with Gasteiger partial charge in [-0.2, -0.15) is 0 Å². The Morgan fingerprint density at radius 3 is 3.00 bits per heavy atom. The molecule has 1 fully saturated rings. The van der Waals surface area contributed by atoms with Crippen LogP contribution in [-0.4, -0.2) is 23.5 Å². The second-order valence-electron chi connectivity index (χ2n) is 5.30. The minimum atomic E-state index is -0.0952. The second kappa shape index (κ2) is 7.00. The molecule has 0 aliphatic carbocycles. The van der Waals surface area contributed by atoms with Crippen molar-refractivity contribution in [3.63, 3.8) is 0 Å². The van der Waals surface area contributed by atoms with Crippen LogP contribution in [0, 0.1) is 0 Å². The molecule has 6 heteroatoms. The summed E-state index contributed by atoms with van der Waals surface area (Å²) in [5, 5.41) is 8.83. The first-order chi connectivity index (χ1) is 10.7. The first-order valence-electron chi connectivity index (χ1n) is 7.34. The molecule has 5 nitrogen and oxygen atoms in total. The number of carbonyl (C=O) groups is 1. The summed E-state index contributed by atoms with van der Waals surface area (Å²) in [5.41, 5.74) is 2.14. The molecular formula is C16H19N3O2S. The molecule has 1 aliphatic rings. The average Bonchev–Trinajstić information content (AvgIpc) is 3.14. The molecular weight excluding hydrogens is 298 g/mol. The maximum absolute atomic E-state index is 11.0. The number of hydrogen-bond donors (Lipinski definition) is 2. The average molecular weight is 317 g/mol. The lowest BCUT2D eigenvalue weighted by atomic mass is 10.0. The van der Waals surface area contributed by atoms with E-state index in [0.29, 0.717) is 11.7 Å². The lowest BCUT2D eigenvalue weighted by molar-refractivity contribution is -0.114. The fraction of sp³-hybridized carbons (Fsp3) is 0.375. The summed E-state index contributed by atoms with van der Waals surface area (Å²) in [7, 11) is 0. The number of hydrogen-bond acceptors (Lipinski definition) is 5. The smallest absolute Gasteiger partial charge is 0.223 e. The quantitative estimate of drug-likeness (QED) is 0.890. The minimum absolute atomic E-state index is 0.0923. The van der Waals surface area contributed by atoms with E-state index in [1.807, 2.05) is 23.6 Å². The second-order valence-corrected chi connectivity index (χ2v) is 6.16. The highest BCUT2D eigenvalue weighted by atomic mass is 32.1. The maximum atomic E-state index is 11.0. The molecule has 0 radical (unpaired) electrons. The van der Waals surface area contributed by atoms with E-state index >= 15 is 0 Å². The van der Waals surface area contributed by atoms with Gasteiger partial charge in [0.25, 0.3) is 0 Å². The number of nitrogens with zero attached hydrogens (tertiary/aromatic N) is 1. The highest BCUT2D eigenvalue weighted by Gasteiger charge is 2.29. The Labute approximate surface area is 133 Å². The largest absolute Gasteiger partial charge is 0.372 e. The fourth-order valence-corrected chi connectivity index (χ4v) is 3.36. The molecule has 0 bridgehead atoms. The molecule has 2 atom stereocenters. The Balaban J connectivity index is 1.58. The van der Waals surface area contributed by atoms with Gasteiger partial charge in [-0.3, -0.25) is 4.79 Å². The van der Waals surface area contributed by atoms with Gasteiger partial charge in [-0.1, -0.05) is 30.3 Å². The predicted octanol–water partition coefficient (Wildman–Crippen LogP) is 2.72. The van der Waals surface area contributed by atoms with Crippen molar-refractivity contribution in [2.45, 2.75) is 32.0 Å². The van der Waals surface area contributed by atoms with E-state index in [4.69, 9.17) is 4.74 Å². The third kappa shape index (κ3) is 3.71. The van der Waals surface area contributed by atoms with Crippen molar-refractivity contribution in [3.8, 4) is 0 Å². The normalized spacial score (nSPS) is 21.0. The molecule has 1 saturated heterocycles. The molecule has 2 N–H and O–H groups in total. The molecule has 116 valence electrons. The summed E-state index contributed by atoms with van der Waals surface area (Å²) < 4.78 is 5.86. The van der Waals surface area contributed by atoms with Crippen molar-refractivity contribution in [2.24, 2.45) is 0 Å². The molecule has 3 rings (SSSR count). The molecule has 1 amide bonds. The molecule has 0 spiro atoms. The van der Waals surface area contributed by atoms with Crippen LogP contribution >= 0.6 is 11.3 Å². The van der Waals surface area contributed by atoms with Gasteiger partial charge in [0.1, 0.15) is 0 Å². The number of thiazole rings is 1. The Hall–Kier alpha value is -1.76. The highest BCUT2D eigenvalue weighted by molar-refractivity contribution is 7.13. The summed E-state index contributed by atoms with van der Waals surface area (Å²) >= 11 is 1.44. The summed E-state index contributed by atoms with van der Waals surface area (Å²) in [6.45, 7) is 2.93. The van der Waals surface area contributed by atoms with Gasteiger partial charge in [-0.15, -0.1) is 11.3 Å². The number of rotatable bonds is 5. The Bertz CT molecular complexity index is 629. The predicted molar refractivity (Wildman–Crippen MR) is 86.8 cm³/mol. The van der Waals surface area contributed by atoms with Crippen LogP contribution in [-0.2, 0) is 16.1 Å².